The Bertz CT molecular complexity index is 438. The minimum atomic E-state index is -0.174. The molecule has 0 amide bonds. The first kappa shape index (κ1) is 10.6. The van der Waals surface area contributed by atoms with Crippen molar-refractivity contribution in [3.63, 3.8) is 0 Å². The Labute approximate surface area is 94.5 Å². The van der Waals surface area contributed by atoms with E-state index >= 15 is 0 Å². The zero-order valence-corrected chi connectivity index (χ0v) is 9.09. The topological polar surface area (TPSA) is 63.8 Å². The van der Waals surface area contributed by atoms with Gasteiger partial charge in [0.2, 0.25) is 0 Å². The number of aromatic nitrogens is 2. The van der Waals surface area contributed by atoms with Gasteiger partial charge in [-0.15, -0.1) is 0 Å². The van der Waals surface area contributed by atoms with Crippen LogP contribution in [0.1, 0.15) is 17.2 Å². The third-order valence-corrected chi connectivity index (χ3v) is 2.45. The van der Waals surface area contributed by atoms with E-state index in [0.29, 0.717) is 0 Å². The summed E-state index contributed by atoms with van der Waals surface area (Å²) in [5.41, 5.74) is 8.07. The first-order valence-corrected chi connectivity index (χ1v) is 5.10. The zero-order chi connectivity index (χ0) is 11.4. The van der Waals surface area contributed by atoms with Crippen molar-refractivity contribution in [2.24, 2.45) is 5.73 Å². The number of rotatable bonds is 3. The maximum absolute atomic E-state index is 6.11. The van der Waals surface area contributed by atoms with Gasteiger partial charge in [0, 0.05) is 25.6 Å². The molecule has 2 heterocycles. The summed E-state index contributed by atoms with van der Waals surface area (Å²) in [6.07, 6.45) is 5.29. The van der Waals surface area contributed by atoms with Crippen LogP contribution in [0.15, 0.2) is 42.9 Å². The second kappa shape index (κ2) is 4.72. The van der Waals surface area contributed by atoms with Gasteiger partial charge in [-0.2, -0.15) is 0 Å². The quantitative estimate of drug-likeness (QED) is 0.814. The highest BCUT2D eigenvalue weighted by Gasteiger charge is 2.08. The Morgan fingerprint density at radius 3 is 2.56 bits per heavy atom. The molecule has 0 aliphatic carbocycles. The normalized spacial score (nSPS) is 12.1. The predicted octanol–water partition coefficient (Wildman–Crippen LogP) is 1.57. The van der Waals surface area contributed by atoms with Crippen LogP contribution in [0.25, 0.3) is 0 Å². The third-order valence-electron chi connectivity index (χ3n) is 2.45. The molecule has 82 valence electrons. The molecule has 1 unspecified atom stereocenters. The van der Waals surface area contributed by atoms with Gasteiger partial charge >= 0.3 is 0 Å². The van der Waals surface area contributed by atoms with E-state index < -0.39 is 0 Å². The van der Waals surface area contributed by atoms with E-state index in [1.54, 1.807) is 18.6 Å². The van der Waals surface area contributed by atoms with Crippen LogP contribution in [-0.4, -0.2) is 17.0 Å². The second-order valence-electron chi connectivity index (χ2n) is 3.49. The minimum Gasteiger partial charge on any atom is -0.373 e. The SMILES string of the molecule is CNc1ccc(C(N)c2cccnc2)cn1. The van der Waals surface area contributed by atoms with Crippen LogP contribution in [-0.2, 0) is 0 Å². The fourth-order valence-electron chi connectivity index (χ4n) is 1.49. The molecule has 0 saturated heterocycles. The Morgan fingerprint density at radius 1 is 1.19 bits per heavy atom. The maximum Gasteiger partial charge on any atom is 0.125 e. The van der Waals surface area contributed by atoms with E-state index in [1.165, 1.54) is 0 Å². The lowest BCUT2D eigenvalue weighted by atomic mass is 10.0. The lowest BCUT2D eigenvalue weighted by Gasteiger charge is -2.11. The molecular weight excluding hydrogens is 200 g/mol. The molecule has 0 fully saturated rings. The highest BCUT2D eigenvalue weighted by Crippen LogP contribution is 2.18. The standard InChI is InChI=1S/C12H14N4/c1-14-11-5-4-10(8-16-11)12(13)9-3-2-6-15-7-9/h2-8,12H,13H2,1H3,(H,14,16). The van der Waals surface area contributed by atoms with Crippen molar-refractivity contribution in [3.8, 4) is 0 Å². The van der Waals surface area contributed by atoms with Crippen LogP contribution in [0, 0.1) is 0 Å². The first-order chi connectivity index (χ1) is 7.81. The highest BCUT2D eigenvalue weighted by molar-refractivity contribution is 5.37. The molecule has 0 radical (unpaired) electrons. The lowest BCUT2D eigenvalue weighted by molar-refractivity contribution is 0.856. The molecular formula is C12H14N4. The average molecular weight is 214 g/mol. The fraction of sp³-hybridized carbons (Fsp3) is 0.167. The maximum atomic E-state index is 6.11. The van der Waals surface area contributed by atoms with Gasteiger partial charge in [0.25, 0.3) is 0 Å². The molecule has 2 aromatic rings. The molecule has 2 aromatic heterocycles. The van der Waals surface area contributed by atoms with Crippen LogP contribution in [0.3, 0.4) is 0 Å². The van der Waals surface area contributed by atoms with Crippen molar-refractivity contribution in [1.29, 1.82) is 0 Å². The van der Waals surface area contributed by atoms with E-state index in [-0.39, 0.29) is 6.04 Å². The van der Waals surface area contributed by atoms with Gasteiger partial charge in [-0.05, 0) is 23.3 Å². The van der Waals surface area contributed by atoms with Gasteiger partial charge in [-0.3, -0.25) is 4.98 Å². The van der Waals surface area contributed by atoms with Crippen LogP contribution in [0.4, 0.5) is 5.82 Å². The summed E-state index contributed by atoms with van der Waals surface area (Å²) in [7, 11) is 1.84. The summed E-state index contributed by atoms with van der Waals surface area (Å²) in [6, 6.07) is 7.54. The highest BCUT2D eigenvalue weighted by atomic mass is 14.9. The van der Waals surface area contributed by atoms with Crippen molar-refractivity contribution < 1.29 is 0 Å². The second-order valence-corrected chi connectivity index (χ2v) is 3.49. The Kier molecular flexibility index (Phi) is 3.12. The molecule has 0 spiro atoms. The molecule has 0 saturated carbocycles. The van der Waals surface area contributed by atoms with Gasteiger partial charge in [0.05, 0.1) is 6.04 Å². The first-order valence-electron chi connectivity index (χ1n) is 5.10. The van der Waals surface area contributed by atoms with E-state index in [4.69, 9.17) is 5.73 Å². The lowest BCUT2D eigenvalue weighted by Crippen LogP contribution is -2.12. The minimum absolute atomic E-state index is 0.174. The number of anilines is 1. The molecule has 0 aliphatic rings. The van der Waals surface area contributed by atoms with Crippen molar-refractivity contribution in [3.05, 3.63) is 54.0 Å². The molecule has 4 heteroatoms. The van der Waals surface area contributed by atoms with Crippen molar-refractivity contribution in [1.82, 2.24) is 9.97 Å². The number of hydrogen-bond acceptors (Lipinski definition) is 4. The van der Waals surface area contributed by atoms with Crippen molar-refractivity contribution in [2.75, 3.05) is 12.4 Å². The van der Waals surface area contributed by atoms with E-state index in [1.807, 2.05) is 31.3 Å². The Balaban J connectivity index is 2.24. The van der Waals surface area contributed by atoms with Gasteiger partial charge in [-0.1, -0.05) is 12.1 Å². The smallest absolute Gasteiger partial charge is 0.125 e. The summed E-state index contributed by atoms with van der Waals surface area (Å²) in [6.45, 7) is 0. The molecule has 16 heavy (non-hydrogen) atoms. The average Bonchev–Trinajstić information content (AvgIpc) is 2.39. The number of nitrogens with two attached hydrogens (primary N) is 1. The Morgan fingerprint density at radius 2 is 2.00 bits per heavy atom. The van der Waals surface area contributed by atoms with E-state index in [2.05, 4.69) is 15.3 Å². The summed E-state index contributed by atoms with van der Waals surface area (Å²) in [5.74, 6) is 0.835. The van der Waals surface area contributed by atoms with Gasteiger partial charge in [-0.25, -0.2) is 4.98 Å². The molecule has 2 rings (SSSR count). The van der Waals surface area contributed by atoms with Crippen LogP contribution in [0.5, 0.6) is 0 Å². The monoisotopic (exact) mass is 214 g/mol. The summed E-state index contributed by atoms with van der Waals surface area (Å²) >= 11 is 0. The van der Waals surface area contributed by atoms with E-state index in [0.717, 1.165) is 16.9 Å². The predicted molar refractivity (Wildman–Crippen MR) is 64.1 cm³/mol. The molecule has 0 bridgehead atoms. The van der Waals surface area contributed by atoms with Crippen LogP contribution in [0.2, 0.25) is 0 Å². The molecule has 3 N–H and O–H groups in total. The van der Waals surface area contributed by atoms with Crippen LogP contribution < -0.4 is 11.1 Å². The summed E-state index contributed by atoms with van der Waals surface area (Å²) in [4.78, 5) is 8.28. The molecule has 1 atom stereocenters. The zero-order valence-electron chi connectivity index (χ0n) is 9.09. The number of nitrogens with one attached hydrogen (secondary N) is 1. The van der Waals surface area contributed by atoms with Gasteiger partial charge in [0.15, 0.2) is 0 Å². The number of nitrogens with zero attached hydrogens (tertiary/aromatic N) is 2. The summed E-state index contributed by atoms with van der Waals surface area (Å²) < 4.78 is 0. The van der Waals surface area contributed by atoms with Gasteiger partial charge in [0.1, 0.15) is 5.82 Å². The summed E-state index contributed by atoms with van der Waals surface area (Å²) in [5, 5.41) is 2.97. The largest absolute Gasteiger partial charge is 0.373 e. The van der Waals surface area contributed by atoms with Crippen LogP contribution >= 0.6 is 0 Å². The Hall–Kier alpha value is -1.94. The van der Waals surface area contributed by atoms with Crippen molar-refractivity contribution >= 4 is 5.82 Å². The fourth-order valence-corrected chi connectivity index (χ4v) is 1.49. The number of pyridine rings is 2. The molecule has 0 aliphatic heterocycles. The molecule has 4 nitrogen and oxygen atoms in total. The van der Waals surface area contributed by atoms with E-state index in [9.17, 15) is 0 Å². The van der Waals surface area contributed by atoms with Crippen molar-refractivity contribution in [2.45, 2.75) is 6.04 Å². The van der Waals surface area contributed by atoms with Gasteiger partial charge < -0.3 is 11.1 Å². The third kappa shape index (κ3) is 2.17. The number of hydrogen-bond donors (Lipinski definition) is 2. The molecule has 0 aromatic carbocycles.